The van der Waals surface area contributed by atoms with E-state index in [1.165, 1.54) is 27.7 Å². The number of carboxylic acid groups (broad SMARTS) is 1. The zero-order valence-corrected chi connectivity index (χ0v) is 51.6. The molecule has 3 aliphatic heterocycles. The molecule has 3 aliphatic rings. The Morgan fingerprint density at radius 2 is 0.824 bits per heavy atom. The summed E-state index contributed by atoms with van der Waals surface area (Å²) < 4.78 is 66.0. The molecule has 0 radical (unpaired) electrons. The summed E-state index contributed by atoms with van der Waals surface area (Å²) in [4.78, 5) is 99.8. The highest BCUT2D eigenvalue weighted by molar-refractivity contribution is 5.89. The number of nitrogens with one attached hydrogen (secondary N) is 7. The maximum Gasteiger partial charge on any atom is 0.303 e. The zero-order chi connectivity index (χ0) is 67.5. The van der Waals surface area contributed by atoms with Gasteiger partial charge >= 0.3 is 5.97 Å². The molecule has 3 fully saturated rings. The Balaban J connectivity index is 1.51. The van der Waals surface area contributed by atoms with Crippen molar-refractivity contribution >= 4 is 47.3 Å². The van der Waals surface area contributed by atoms with E-state index in [-0.39, 0.29) is 125 Å². The highest BCUT2D eigenvalue weighted by atomic mass is 16.7. The number of carboxylic acids is 1. The fourth-order valence-electron chi connectivity index (χ4n) is 9.37. The molecule has 3 heterocycles. The summed E-state index contributed by atoms with van der Waals surface area (Å²) in [5.74, 6) is -5.45. The van der Waals surface area contributed by atoms with Crippen LogP contribution in [0.15, 0.2) is 0 Å². The van der Waals surface area contributed by atoms with Crippen LogP contribution in [0.4, 0.5) is 0 Å². The molecule has 0 bridgehead atoms. The average Bonchev–Trinajstić information content (AvgIpc) is 2.45. The third-order valence-electron chi connectivity index (χ3n) is 13.9. The Labute approximate surface area is 525 Å². The van der Waals surface area contributed by atoms with Crippen molar-refractivity contribution in [3.63, 3.8) is 0 Å². The fourth-order valence-corrected chi connectivity index (χ4v) is 9.37. The van der Waals surface area contributed by atoms with E-state index in [9.17, 15) is 89.4 Å². The molecule has 3 rings (SSSR count). The number of aliphatic carboxylic acids is 1. The third-order valence-corrected chi connectivity index (χ3v) is 13.9. The molecular formula is C54H95N7O30. The standard InChI is InChI=1S/C54H95N7O30/c1-30(65)56-41-47(76)44(73)34(24-62)89-51(41)86-21-18-80-12-15-83-27-37(68)55-11-6-5-8-33(59-38(69)28-84-16-13-81-19-22-87-52-42(57-31(2)66)48(77)45(74)35(25-63)90-52)50(79)61-54(4,10-7-9-40(71)72)60-39(70)29-85-17-14-82-20-23-88-53-43(58-32(3)67)49(78)46(75)36(26-64)91-53/h33-36,41-49,51-53,62-64,73-78H,5-29H2,1-4H3,(H,55,68)(H,56,65)(H,57,66)(H,58,67)(H,59,69)(H,60,70)(H,61,79)(H,71,72)/t33-,34+,35+,36+,41+,42+,43+,44-,45-,46-,47+,48+,49+,51+,52+,53+,54+/m0/s1. The summed E-state index contributed by atoms with van der Waals surface area (Å²) in [6.07, 6.45) is -16.1. The first-order valence-corrected chi connectivity index (χ1v) is 29.8. The predicted octanol–water partition coefficient (Wildman–Crippen LogP) is -9.06. The first-order valence-electron chi connectivity index (χ1n) is 29.8. The molecule has 91 heavy (non-hydrogen) atoms. The van der Waals surface area contributed by atoms with Gasteiger partial charge < -0.3 is 145 Å². The lowest BCUT2D eigenvalue weighted by Crippen LogP contribution is -2.64. The lowest BCUT2D eigenvalue weighted by atomic mass is 9.97. The molecule has 0 aliphatic carbocycles. The van der Waals surface area contributed by atoms with Crippen LogP contribution in [-0.2, 0) is 95.2 Å². The van der Waals surface area contributed by atoms with Crippen LogP contribution in [0.2, 0.25) is 0 Å². The van der Waals surface area contributed by atoms with Crippen LogP contribution in [0.25, 0.3) is 0 Å². The monoisotopic (exact) mass is 1320 g/mol. The molecule has 37 heteroatoms. The smallest absolute Gasteiger partial charge is 0.303 e. The van der Waals surface area contributed by atoms with Gasteiger partial charge in [0.1, 0.15) is 105 Å². The number of unbranched alkanes of at least 4 members (excludes halogenated alkanes) is 1. The van der Waals surface area contributed by atoms with Crippen LogP contribution in [0, 0.1) is 0 Å². The second-order valence-electron chi connectivity index (χ2n) is 21.5. The minimum absolute atomic E-state index is 0.000536. The van der Waals surface area contributed by atoms with Crippen LogP contribution in [0.1, 0.15) is 66.2 Å². The van der Waals surface area contributed by atoms with Crippen LogP contribution in [0.5, 0.6) is 0 Å². The maximum atomic E-state index is 14.1. The molecule has 7 amide bonds. The predicted molar refractivity (Wildman–Crippen MR) is 304 cm³/mol. The fraction of sp³-hybridized carbons (Fsp3) is 0.852. The number of aliphatic hydroxyl groups excluding tert-OH is 9. The van der Waals surface area contributed by atoms with Gasteiger partial charge in [0.15, 0.2) is 18.9 Å². The highest BCUT2D eigenvalue weighted by Gasteiger charge is 2.48. The molecule has 0 aromatic carbocycles. The van der Waals surface area contributed by atoms with Crippen molar-refractivity contribution in [3.05, 3.63) is 0 Å². The molecule has 526 valence electrons. The summed E-state index contributed by atoms with van der Waals surface area (Å²) in [5.41, 5.74) is -1.60. The van der Waals surface area contributed by atoms with Crippen LogP contribution in [0.3, 0.4) is 0 Å². The van der Waals surface area contributed by atoms with Crippen LogP contribution < -0.4 is 37.2 Å². The summed E-state index contributed by atoms with van der Waals surface area (Å²) in [6.45, 7) is 1.09. The second kappa shape index (κ2) is 43.7. The molecule has 37 nitrogen and oxygen atoms in total. The molecule has 17 atom stereocenters. The number of carbonyl (C=O) groups excluding carboxylic acids is 7. The second-order valence-corrected chi connectivity index (χ2v) is 21.5. The van der Waals surface area contributed by atoms with E-state index < -0.39 is 184 Å². The first kappa shape index (κ1) is 80.2. The Hall–Kier alpha value is -5.08. The largest absolute Gasteiger partial charge is 0.481 e. The molecule has 0 unspecified atom stereocenters. The van der Waals surface area contributed by atoms with Gasteiger partial charge in [0, 0.05) is 33.7 Å². The van der Waals surface area contributed by atoms with E-state index >= 15 is 0 Å². The molecule has 0 spiro atoms. The van der Waals surface area contributed by atoms with Gasteiger partial charge in [-0.15, -0.1) is 0 Å². The number of hydrogen-bond donors (Lipinski definition) is 17. The SMILES string of the molecule is CC(=O)N[C@H]1[C@H](OCCOCCOCC(=O)NCCCC[C@H](NC(=O)COCCOCCO[C@@H]2O[C@H](CO)[C@H](O)[C@H](O)[C@H]2NC(C)=O)C(=O)N[C@](C)(CCCC(=O)O)NC(=O)COCCOCCO[C@@H]2O[C@H](CO)[C@H](O)[C@H](O)[C@H]2NC(C)=O)O[C@H](CO)[C@H](O)[C@@H]1O. The highest BCUT2D eigenvalue weighted by Crippen LogP contribution is 2.25. The lowest BCUT2D eigenvalue weighted by Gasteiger charge is -2.42. The minimum atomic E-state index is -1.60. The van der Waals surface area contributed by atoms with Gasteiger partial charge in [0.25, 0.3) is 0 Å². The van der Waals surface area contributed by atoms with Gasteiger partial charge in [-0.05, 0) is 39.0 Å². The molecule has 17 N–H and O–H groups in total. The van der Waals surface area contributed by atoms with Gasteiger partial charge in [0.05, 0.1) is 99.1 Å². The van der Waals surface area contributed by atoms with Crippen molar-refractivity contribution in [1.29, 1.82) is 0 Å². The van der Waals surface area contributed by atoms with Crippen molar-refractivity contribution in [3.8, 4) is 0 Å². The summed E-state index contributed by atoms with van der Waals surface area (Å²) in [5, 5.41) is 118. The van der Waals surface area contributed by atoms with Gasteiger partial charge in [-0.25, -0.2) is 0 Å². The van der Waals surface area contributed by atoms with Gasteiger partial charge in [-0.1, -0.05) is 0 Å². The van der Waals surface area contributed by atoms with E-state index in [4.69, 9.17) is 56.8 Å². The average molecular weight is 1320 g/mol. The van der Waals surface area contributed by atoms with E-state index in [0.717, 1.165) is 0 Å². The van der Waals surface area contributed by atoms with Crippen molar-refractivity contribution in [1.82, 2.24) is 37.2 Å². The minimum Gasteiger partial charge on any atom is -0.481 e. The summed E-state index contributed by atoms with van der Waals surface area (Å²) in [7, 11) is 0. The number of rotatable bonds is 46. The number of ether oxygens (including phenoxy) is 12. The summed E-state index contributed by atoms with van der Waals surface area (Å²) >= 11 is 0. The van der Waals surface area contributed by atoms with E-state index in [0.29, 0.717) is 6.42 Å². The number of hydrogen-bond acceptors (Lipinski definition) is 29. The van der Waals surface area contributed by atoms with Gasteiger partial charge in [-0.2, -0.15) is 0 Å². The van der Waals surface area contributed by atoms with E-state index in [1.54, 1.807) is 0 Å². The quantitative estimate of drug-likeness (QED) is 0.0199. The van der Waals surface area contributed by atoms with Gasteiger partial charge in [-0.3, -0.25) is 38.4 Å². The summed E-state index contributed by atoms with van der Waals surface area (Å²) in [6, 6.07) is -4.71. The Kier molecular flexibility index (Phi) is 38.5. The zero-order valence-electron chi connectivity index (χ0n) is 51.6. The van der Waals surface area contributed by atoms with Crippen LogP contribution >= 0.6 is 0 Å². The topological polar surface area (TPSA) is 534 Å². The normalized spacial score (nSPS) is 27.5. The number of amides is 7. The molecular weight excluding hydrogens is 1230 g/mol. The maximum absolute atomic E-state index is 14.1. The Bertz CT molecular complexity index is 2180. The molecule has 0 aromatic heterocycles. The Morgan fingerprint density at radius 1 is 0.462 bits per heavy atom. The van der Waals surface area contributed by atoms with Crippen LogP contribution in [-0.4, -0.2) is 327 Å². The molecule has 0 aromatic rings. The van der Waals surface area contributed by atoms with Crippen molar-refractivity contribution < 1.29 is 146 Å². The Morgan fingerprint density at radius 3 is 1.20 bits per heavy atom. The van der Waals surface area contributed by atoms with Crippen molar-refractivity contribution in [2.24, 2.45) is 0 Å². The van der Waals surface area contributed by atoms with Crippen molar-refractivity contribution in [2.75, 3.05) is 125 Å². The number of carbonyl (C=O) groups is 8. The lowest BCUT2D eigenvalue weighted by molar-refractivity contribution is -0.272. The van der Waals surface area contributed by atoms with Crippen molar-refractivity contribution in [2.45, 2.75) is 170 Å². The first-order chi connectivity index (χ1) is 43.3. The van der Waals surface area contributed by atoms with E-state index in [2.05, 4.69) is 37.2 Å². The molecule has 3 saturated heterocycles. The third kappa shape index (κ3) is 30.3. The van der Waals surface area contributed by atoms with Gasteiger partial charge in [0.2, 0.25) is 41.4 Å². The number of aliphatic hydroxyl groups is 9. The molecule has 0 saturated carbocycles. The van der Waals surface area contributed by atoms with E-state index in [1.807, 2.05) is 0 Å².